The van der Waals surface area contributed by atoms with Crippen molar-refractivity contribution in [3.8, 4) is 0 Å². The van der Waals surface area contributed by atoms with Gasteiger partial charge in [0.05, 0.1) is 0 Å². The predicted molar refractivity (Wildman–Crippen MR) is 32.3 cm³/mol. The van der Waals surface area contributed by atoms with Gasteiger partial charge in [-0.3, -0.25) is 9.59 Å². The fourth-order valence-electron chi connectivity index (χ4n) is 0.267. The Kier molecular flexibility index (Phi) is 4.05. The van der Waals surface area contributed by atoms with Crippen LogP contribution in [-0.2, 0) is 14.3 Å². The summed E-state index contributed by atoms with van der Waals surface area (Å²) in [6.45, 7) is 1.47. The van der Waals surface area contributed by atoms with Crippen LogP contribution in [0.4, 0.5) is 0 Å². The molecule has 0 aliphatic carbocycles. The third-order valence-electron chi connectivity index (χ3n) is 0.618. The summed E-state index contributed by atoms with van der Waals surface area (Å²) in [5.41, 5.74) is 0. The van der Waals surface area contributed by atoms with Crippen molar-refractivity contribution >= 4 is 23.9 Å². The maximum atomic E-state index is 10.3. The molecule has 52 valence electrons. The number of rotatable bonds is 3. The summed E-state index contributed by atoms with van der Waals surface area (Å²) < 4.78 is 4.41. The number of hydrogen-bond donors (Lipinski definition) is 0. The van der Waals surface area contributed by atoms with Crippen LogP contribution in [0.1, 0.15) is 6.92 Å². The highest BCUT2D eigenvalue weighted by molar-refractivity contribution is 6.26. The molecule has 0 heterocycles. The Labute approximate surface area is 57.9 Å². The van der Waals surface area contributed by atoms with Crippen molar-refractivity contribution in [1.82, 2.24) is 0 Å². The van der Waals surface area contributed by atoms with Gasteiger partial charge in [-0.05, 0) is 6.92 Å². The first-order valence-electron chi connectivity index (χ1n) is 2.41. The summed E-state index contributed by atoms with van der Waals surface area (Å²) in [6, 6.07) is 0. The molecule has 3 nitrogen and oxygen atoms in total. The minimum absolute atomic E-state index is 0.210. The molecule has 0 aromatic carbocycles. The fraction of sp³-hybridized carbons (Fsp3) is 0.600. The van der Waals surface area contributed by atoms with Gasteiger partial charge in [-0.15, -0.1) is 11.6 Å². The quantitative estimate of drug-likeness (QED) is 0.331. The van der Waals surface area contributed by atoms with Gasteiger partial charge in [-0.2, -0.15) is 0 Å². The number of carbonyl (C=O) groups excluding carboxylic acids is 2. The minimum atomic E-state index is -0.684. The average molecular weight is 151 g/mol. The van der Waals surface area contributed by atoms with Gasteiger partial charge in [0.15, 0.2) is 12.4 Å². The third-order valence-corrected chi connectivity index (χ3v) is 0.836. The van der Waals surface area contributed by atoms with E-state index in [1.165, 1.54) is 6.92 Å². The fourth-order valence-corrected chi connectivity index (χ4v) is 0.330. The normalized spacial score (nSPS) is 12.2. The minimum Gasteiger partial charge on any atom is -0.454 e. The molecule has 0 aromatic heterocycles. The van der Waals surface area contributed by atoms with Gasteiger partial charge in [-0.25, -0.2) is 0 Å². The SMILES string of the molecule is C[C@@H](C=O)OC(=O)CCl. The molecule has 0 amide bonds. The number of esters is 1. The molecule has 0 aliphatic heterocycles. The molecule has 0 N–H and O–H groups in total. The van der Waals surface area contributed by atoms with E-state index >= 15 is 0 Å². The number of carbonyl (C=O) groups is 2. The van der Waals surface area contributed by atoms with Crippen LogP contribution in [0, 0.1) is 0 Å². The van der Waals surface area contributed by atoms with E-state index < -0.39 is 12.1 Å². The standard InChI is InChI=1S/C5H7ClO3/c1-4(3-7)9-5(8)2-6/h3-4H,2H2,1H3/t4-/m0/s1. The first-order valence-corrected chi connectivity index (χ1v) is 2.95. The Morgan fingerprint density at radius 2 is 2.44 bits per heavy atom. The topological polar surface area (TPSA) is 43.4 Å². The van der Waals surface area contributed by atoms with E-state index in [-0.39, 0.29) is 5.88 Å². The Morgan fingerprint density at radius 1 is 1.89 bits per heavy atom. The third kappa shape index (κ3) is 3.97. The van der Waals surface area contributed by atoms with Crippen molar-refractivity contribution in [3.05, 3.63) is 0 Å². The molecule has 1 atom stereocenters. The smallest absolute Gasteiger partial charge is 0.321 e. The molecule has 0 saturated carbocycles. The molecule has 0 rings (SSSR count). The molecule has 9 heavy (non-hydrogen) atoms. The largest absolute Gasteiger partial charge is 0.454 e. The van der Waals surface area contributed by atoms with Crippen molar-refractivity contribution in [1.29, 1.82) is 0 Å². The highest BCUT2D eigenvalue weighted by Crippen LogP contribution is 1.88. The second-order valence-electron chi connectivity index (χ2n) is 1.46. The van der Waals surface area contributed by atoms with E-state index in [1.54, 1.807) is 0 Å². The van der Waals surface area contributed by atoms with Gasteiger partial charge in [-0.1, -0.05) is 0 Å². The maximum Gasteiger partial charge on any atom is 0.321 e. The van der Waals surface area contributed by atoms with Gasteiger partial charge >= 0.3 is 5.97 Å². The van der Waals surface area contributed by atoms with Crippen LogP contribution in [-0.4, -0.2) is 24.2 Å². The number of hydrogen-bond acceptors (Lipinski definition) is 3. The zero-order chi connectivity index (χ0) is 7.28. The Balaban J connectivity index is 3.46. The van der Waals surface area contributed by atoms with Crippen molar-refractivity contribution < 1.29 is 14.3 Å². The summed E-state index contributed by atoms with van der Waals surface area (Å²) >= 11 is 5.06. The van der Waals surface area contributed by atoms with Crippen LogP contribution in [0.3, 0.4) is 0 Å². The van der Waals surface area contributed by atoms with Crippen LogP contribution in [0.2, 0.25) is 0 Å². The van der Waals surface area contributed by atoms with E-state index in [1.807, 2.05) is 0 Å². The van der Waals surface area contributed by atoms with Crippen molar-refractivity contribution in [2.45, 2.75) is 13.0 Å². The highest BCUT2D eigenvalue weighted by Gasteiger charge is 2.04. The lowest BCUT2D eigenvalue weighted by molar-refractivity contribution is -0.147. The monoisotopic (exact) mass is 150 g/mol. The lowest BCUT2D eigenvalue weighted by Gasteiger charge is -2.02. The maximum absolute atomic E-state index is 10.3. The van der Waals surface area contributed by atoms with Gasteiger partial charge in [0, 0.05) is 0 Å². The number of ether oxygens (including phenoxy) is 1. The molecule has 4 heteroatoms. The van der Waals surface area contributed by atoms with E-state index in [0.717, 1.165) is 0 Å². The van der Waals surface area contributed by atoms with Crippen LogP contribution in [0.25, 0.3) is 0 Å². The molecule has 0 fully saturated rings. The van der Waals surface area contributed by atoms with E-state index in [0.29, 0.717) is 6.29 Å². The van der Waals surface area contributed by atoms with E-state index in [4.69, 9.17) is 11.6 Å². The van der Waals surface area contributed by atoms with Crippen molar-refractivity contribution in [3.63, 3.8) is 0 Å². The molecule has 0 radical (unpaired) electrons. The number of halogens is 1. The second kappa shape index (κ2) is 4.32. The highest BCUT2D eigenvalue weighted by atomic mass is 35.5. The summed E-state index contributed by atoms with van der Waals surface area (Å²) in [6.07, 6.45) is -0.152. The Bertz CT molecular complexity index is 113. The van der Waals surface area contributed by atoms with Crippen LogP contribution < -0.4 is 0 Å². The summed E-state index contributed by atoms with van der Waals surface area (Å²) in [5, 5.41) is 0. The van der Waals surface area contributed by atoms with Crippen molar-refractivity contribution in [2.24, 2.45) is 0 Å². The zero-order valence-corrected chi connectivity index (χ0v) is 5.72. The molecule has 0 unspecified atom stereocenters. The first kappa shape index (κ1) is 8.43. The molecule has 0 saturated heterocycles. The molecule has 0 bridgehead atoms. The molecular weight excluding hydrogens is 144 g/mol. The van der Waals surface area contributed by atoms with E-state index in [2.05, 4.69) is 4.74 Å². The number of aldehydes is 1. The van der Waals surface area contributed by atoms with Crippen LogP contribution >= 0.6 is 11.6 Å². The van der Waals surface area contributed by atoms with Gasteiger partial charge in [0.25, 0.3) is 0 Å². The molecule has 0 aliphatic rings. The van der Waals surface area contributed by atoms with Crippen LogP contribution in [0.15, 0.2) is 0 Å². The first-order chi connectivity index (χ1) is 4.20. The summed E-state index contributed by atoms with van der Waals surface area (Å²) in [7, 11) is 0. The van der Waals surface area contributed by atoms with Gasteiger partial charge in [0.2, 0.25) is 0 Å². The zero-order valence-electron chi connectivity index (χ0n) is 4.96. The van der Waals surface area contributed by atoms with Gasteiger partial charge in [0.1, 0.15) is 5.88 Å². The molecular formula is C5H7ClO3. The summed E-state index contributed by atoms with van der Waals surface area (Å²) in [5.74, 6) is -0.783. The average Bonchev–Trinajstić information content (AvgIpc) is 1.87. The van der Waals surface area contributed by atoms with Gasteiger partial charge < -0.3 is 4.74 Å². The van der Waals surface area contributed by atoms with E-state index in [9.17, 15) is 9.59 Å². The lowest BCUT2D eigenvalue weighted by Crippen LogP contribution is -2.16. The Hall–Kier alpha value is -0.570. The second-order valence-corrected chi connectivity index (χ2v) is 1.73. The number of alkyl halides is 1. The predicted octanol–water partition coefficient (Wildman–Crippen LogP) is 0.356. The molecule has 0 spiro atoms. The lowest BCUT2D eigenvalue weighted by atomic mass is 10.5. The Morgan fingerprint density at radius 3 is 2.78 bits per heavy atom. The van der Waals surface area contributed by atoms with Crippen LogP contribution in [0.5, 0.6) is 0 Å². The summed E-state index contributed by atoms with van der Waals surface area (Å²) in [4.78, 5) is 20.1. The van der Waals surface area contributed by atoms with Crippen molar-refractivity contribution in [2.75, 3.05) is 5.88 Å². The molecule has 0 aromatic rings.